The molecule has 2 aromatic heterocycles. The van der Waals surface area contributed by atoms with Gasteiger partial charge < -0.3 is 39.7 Å². The first-order valence-electron chi connectivity index (χ1n) is 29.2. The Balaban J connectivity index is 0.000000205. The Morgan fingerprint density at radius 3 is 1.29 bits per heavy atom. The van der Waals surface area contributed by atoms with Gasteiger partial charge in [-0.3, -0.25) is 19.2 Å². The minimum Gasteiger partial charge on any atom is -0.474 e. The molecule has 4 amide bonds. The maximum atomic E-state index is 14.2. The van der Waals surface area contributed by atoms with Crippen LogP contribution in [0.4, 0.5) is 20.2 Å². The van der Waals surface area contributed by atoms with Crippen LogP contribution in [0.3, 0.4) is 0 Å². The largest absolute Gasteiger partial charge is 0.474 e. The van der Waals surface area contributed by atoms with E-state index in [-0.39, 0.29) is 46.3 Å². The number of aromatic nitrogens is 2. The number of amides is 4. The second-order valence-corrected chi connectivity index (χ2v) is 22.2. The van der Waals surface area contributed by atoms with E-state index >= 15 is 0 Å². The molecule has 16 heteroatoms. The van der Waals surface area contributed by atoms with Crippen molar-refractivity contribution in [2.45, 2.75) is 64.6 Å². The first-order valence-corrected chi connectivity index (χ1v) is 29.2. The number of nitrogens with one attached hydrogen (secondary N) is 2. The molecular weight excluding hydrogens is 1090 g/mol. The molecule has 0 radical (unpaired) electrons. The number of hydrogen-bond acceptors (Lipinski definition) is 10. The Morgan fingerprint density at radius 2 is 0.884 bits per heavy atom. The maximum absolute atomic E-state index is 14.2. The van der Waals surface area contributed by atoms with Gasteiger partial charge in [0.2, 0.25) is 11.8 Å². The lowest BCUT2D eigenvalue weighted by atomic mass is 10.0. The third kappa shape index (κ3) is 16.5. The smallest absolute Gasteiger partial charge is 0.254 e. The van der Waals surface area contributed by atoms with E-state index in [4.69, 9.17) is 9.47 Å². The van der Waals surface area contributed by atoms with Gasteiger partial charge in [-0.1, -0.05) is 83.9 Å². The van der Waals surface area contributed by atoms with Gasteiger partial charge in [-0.15, -0.1) is 0 Å². The SMILES string of the molecule is Cc1cccc(-c2ccc(OC3CCN(C(=O)c4cc(F)ccc4C(=O)NCCc4ccc(N(C)C)cc4)CC3)nc2)c1.Cc1cccc(-c2ccc(OC3CCN(C(=O)c4ccc(F)cc4C(=O)NCCc4ccc(N(C)C)cc4)CC3)nc2)c1. The highest BCUT2D eigenvalue weighted by atomic mass is 19.1. The molecular formula is C70H74F2N8O6. The van der Waals surface area contributed by atoms with E-state index in [1.807, 2.05) is 129 Å². The summed E-state index contributed by atoms with van der Waals surface area (Å²) in [5.41, 5.74) is 11.5. The second-order valence-electron chi connectivity index (χ2n) is 22.2. The highest BCUT2D eigenvalue weighted by molar-refractivity contribution is 6.08. The molecule has 0 atom stereocenters. The van der Waals surface area contributed by atoms with Gasteiger partial charge in [0.25, 0.3) is 23.6 Å². The summed E-state index contributed by atoms with van der Waals surface area (Å²) in [5.74, 6) is -1.54. The zero-order valence-corrected chi connectivity index (χ0v) is 49.7. The summed E-state index contributed by atoms with van der Waals surface area (Å²) in [6.07, 6.45) is 7.17. The van der Waals surface area contributed by atoms with Crippen LogP contribution in [-0.4, -0.2) is 123 Å². The van der Waals surface area contributed by atoms with Crippen LogP contribution in [0.1, 0.15) is 89.4 Å². The molecule has 0 aliphatic carbocycles. The number of hydrogen-bond donors (Lipinski definition) is 2. The van der Waals surface area contributed by atoms with Crippen LogP contribution in [0.5, 0.6) is 11.8 Å². The van der Waals surface area contributed by atoms with Gasteiger partial charge in [-0.2, -0.15) is 0 Å². The van der Waals surface area contributed by atoms with Crippen LogP contribution in [0.2, 0.25) is 0 Å². The van der Waals surface area contributed by atoms with Crippen molar-refractivity contribution in [3.63, 3.8) is 0 Å². The monoisotopic (exact) mass is 1160 g/mol. The number of pyridine rings is 2. The molecule has 4 heterocycles. The van der Waals surface area contributed by atoms with Gasteiger partial charge in [0.1, 0.15) is 23.8 Å². The van der Waals surface area contributed by atoms with E-state index in [2.05, 4.69) is 70.8 Å². The van der Waals surface area contributed by atoms with E-state index in [1.54, 1.807) is 16.0 Å². The average Bonchev–Trinajstić information content (AvgIpc) is 2.84. The number of carbonyl (C=O) groups is 4. The molecule has 0 saturated carbocycles. The van der Waals surface area contributed by atoms with Crippen LogP contribution in [0.15, 0.2) is 170 Å². The summed E-state index contributed by atoms with van der Waals surface area (Å²) in [6.45, 7) is 6.68. The third-order valence-electron chi connectivity index (χ3n) is 15.4. The number of rotatable bonds is 18. The van der Waals surface area contributed by atoms with Gasteiger partial charge in [0.05, 0.1) is 22.3 Å². The molecule has 6 aromatic carbocycles. The van der Waals surface area contributed by atoms with E-state index < -0.39 is 23.4 Å². The number of aryl methyl sites for hydroxylation is 2. The number of halogens is 2. The molecule has 2 saturated heterocycles. The summed E-state index contributed by atoms with van der Waals surface area (Å²) >= 11 is 0. The molecule has 14 nitrogen and oxygen atoms in total. The Morgan fingerprint density at radius 1 is 0.477 bits per heavy atom. The van der Waals surface area contributed by atoms with Crippen molar-refractivity contribution >= 4 is 35.0 Å². The first kappa shape index (κ1) is 61.1. The zero-order valence-electron chi connectivity index (χ0n) is 49.7. The van der Waals surface area contributed by atoms with Crippen LogP contribution in [-0.2, 0) is 12.8 Å². The van der Waals surface area contributed by atoms with Crippen LogP contribution in [0, 0.1) is 25.5 Å². The molecule has 0 bridgehead atoms. The lowest BCUT2D eigenvalue weighted by molar-refractivity contribution is 0.0577. The second kappa shape index (κ2) is 28.9. The molecule has 2 fully saturated rings. The Labute approximate surface area is 502 Å². The molecule has 2 aliphatic rings. The van der Waals surface area contributed by atoms with Gasteiger partial charge in [0.15, 0.2) is 0 Å². The highest BCUT2D eigenvalue weighted by Crippen LogP contribution is 2.27. The van der Waals surface area contributed by atoms with Crippen molar-refractivity contribution in [1.82, 2.24) is 30.4 Å². The topological polar surface area (TPSA) is 150 Å². The number of carbonyl (C=O) groups excluding carboxylic acids is 4. The summed E-state index contributed by atoms with van der Waals surface area (Å²) < 4.78 is 40.6. The van der Waals surface area contributed by atoms with Gasteiger partial charge >= 0.3 is 0 Å². The number of piperidine rings is 2. The normalized spacial score (nSPS) is 13.4. The van der Waals surface area contributed by atoms with Gasteiger partial charge in [0, 0.05) is 140 Å². The van der Waals surface area contributed by atoms with E-state index in [9.17, 15) is 28.0 Å². The summed E-state index contributed by atoms with van der Waals surface area (Å²) in [5, 5.41) is 5.73. The number of likely N-dealkylation sites (tertiary alicyclic amines) is 2. The molecule has 2 aliphatic heterocycles. The first-order chi connectivity index (χ1) is 41.5. The minimum atomic E-state index is -0.561. The number of anilines is 2. The maximum Gasteiger partial charge on any atom is 0.254 e. The highest BCUT2D eigenvalue weighted by Gasteiger charge is 2.30. The van der Waals surface area contributed by atoms with Crippen LogP contribution >= 0.6 is 0 Å². The minimum absolute atomic E-state index is 0.0456. The number of benzene rings is 6. The van der Waals surface area contributed by atoms with E-state index in [0.717, 1.165) is 56.9 Å². The fourth-order valence-corrected chi connectivity index (χ4v) is 10.5. The molecule has 0 unspecified atom stereocenters. The lowest BCUT2D eigenvalue weighted by Crippen LogP contribution is -2.42. The standard InChI is InChI=1S/2C35H37FN4O3/c1-24-5-4-6-26(21-24)27-9-14-33(38-23-27)43-30-16-19-40(20-17-30)35(42)31-13-10-28(36)22-32(31)34(41)37-18-15-25-7-11-29(12-8-25)39(2)3;1-24-5-4-6-26(21-24)27-9-14-33(38-23-27)43-30-16-19-40(20-17-30)35(42)32-22-28(36)10-13-31(32)34(41)37-18-15-25-7-11-29(12-8-25)39(2)3/h2*4-14,21-23,30H,15-20H2,1-3H3,(H,37,41). The fourth-order valence-electron chi connectivity index (χ4n) is 10.5. The molecule has 8 aromatic rings. The van der Waals surface area contributed by atoms with Crippen LogP contribution in [0.25, 0.3) is 22.3 Å². The van der Waals surface area contributed by atoms with Crippen molar-refractivity contribution in [1.29, 1.82) is 0 Å². The Hall–Kier alpha value is -9.44. The fraction of sp³-hybridized carbons (Fsp3) is 0.286. The van der Waals surface area contributed by atoms with Crippen LogP contribution < -0.4 is 29.9 Å². The van der Waals surface area contributed by atoms with E-state index in [1.165, 1.54) is 35.4 Å². The third-order valence-corrected chi connectivity index (χ3v) is 15.4. The quantitative estimate of drug-likeness (QED) is 0.0850. The molecule has 0 spiro atoms. The van der Waals surface area contributed by atoms with E-state index in [0.29, 0.717) is 89.6 Å². The van der Waals surface area contributed by atoms with Crippen molar-refractivity contribution in [3.05, 3.63) is 226 Å². The summed E-state index contributed by atoms with van der Waals surface area (Å²) in [4.78, 5) is 69.4. The molecule has 86 heavy (non-hydrogen) atoms. The Bertz CT molecular complexity index is 3600. The lowest BCUT2D eigenvalue weighted by Gasteiger charge is -2.32. The average molecular weight is 1160 g/mol. The number of ether oxygens (including phenoxy) is 2. The molecule has 444 valence electrons. The predicted molar refractivity (Wildman–Crippen MR) is 334 cm³/mol. The Kier molecular flexibility index (Phi) is 20.5. The van der Waals surface area contributed by atoms with Crippen molar-refractivity contribution in [3.8, 4) is 34.0 Å². The van der Waals surface area contributed by atoms with Crippen molar-refractivity contribution < 1.29 is 37.4 Å². The molecule has 10 rings (SSSR count). The van der Waals surface area contributed by atoms with Gasteiger partial charge in [-0.25, -0.2) is 18.7 Å². The van der Waals surface area contributed by atoms with Crippen molar-refractivity contribution in [2.75, 3.05) is 77.3 Å². The van der Waals surface area contributed by atoms with Crippen molar-refractivity contribution in [2.24, 2.45) is 0 Å². The molecule has 2 N–H and O–H groups in total. The summed E-state index contributed by atoms with van der Waals surface area (Å²) in [6, 6.07) is 47.9. The summed E-state index contributed by atoms with van der Waals surface area (Å²) in [7, 11) is 7.92. The predicted octanol–water partition coefficient (Wildman–Crippen LogP) is 11.8. The zero-order chi connectivity index (χ0) is 60.7. The number of nitrogens with zero attached hydrogens (tertiary/aromatic N) is 6. The van der Waals surface area contributed by atoms with Gasteiger partial charge in [-0.05, 0) is 122 Å².